The topological polar surface area (TPSA) is 68.5 Å². The Balaban J connectivity index is 1.74. The third-order valence-electron chi connectivity index (χ3n) is 3.71. The van der Waals surface area contributed by atoms with Gasteiger partial charge in [0.25, 0.3) is 5.91 Å². The zero-order valence-corrected chi connectivity index (χ0v) is 13.7. The summed E-state index contributed by atoms with van der Waals surface area (Å²) in [5.41, 5.74) is 1.24. The lowest BCUT2D eigenvalue weighted by Crippen LogP contribution is -2.30. The highest BCUT2D eigenvalue weighted by atomic mass is 19.1. The van der Waals surface area contributed by atoms with Gasteiger partial charge in [-0.2, -0.15) is 0 Å². The van der Waals surface area contributed by atoms with Crippen LogP contribution in [0, 0.1) is 12.7 Å². The Kier molecular flexibility index (Phi) is 4.52. The summed E-state index contributed by atoms with van der Waals surface area (Å²) in [6.07, 6.45) is -0.786. The van der Waals surface area contributed by atoms with Crippen molar-refractivity contribution >= 4 is 22.6 Å². The number of rotatable bonds is 4. The van der Waals surface area contributed by atoms with Crippen molar-refractivity contribution in [3.63, 3.8) is 0 Å². The number of hydrogen-bond acceptors (Lipinski definition) is 4. The Morgan fingerprint density at radius 3 is 2.60 bits per heavy atom. The molecule has 2 aromatic carbocycles. The molecule has 3 rings (SSSR count). The van der Waals surface area contributed by atoms with Gasteiger partial charge in [-0.3, -0.25) is 4.79 Å². The molecule has 1 atom stereocenters. The third kappa shape index (κ3) is 3.85. The van der Waals surface area contributed by atoms with E-state index in [9.17, 15) is 14.0 Å². The summed E-state index contributed by atoms with van der Waals surface area (Å²) in [5, 5.41) is 3.50. The Morgan fingerprint density at radius 1 is 1.16 bits per heavy atom. The van der Waals surface area contributed by atoms with Crippen molar-refractivity contribution < 1.29 is 18.3 Å². The van der Waals surface area contributed by atoms with E-state index in [1.807, 2.05) is 6.92 Å². The first-order chi connectivity index (χ1) is 11.9. The summed E-state index contributed by atoms with van der Waals surface area (Å²) in [7, 11) is 0. The Labute approximate surface area is 143 Å². The lowest BCUT2D eigenvalue weighted by atomic mass is 10.1. The van der Waals surface area contributed by atoms with Crippen LogP contribution in [0.2, 0.25) is 0 Å². The molecule has 0 aliphatic rings. The second-order valence-electron chi connectivity index (χ2n) is 5.66. The molecular weight excluding hydrogens is 325 g/mol. The van der Waals surface area contributed by atoms with Gasteiger partial charge < -0.3 is 14.5 Å². The molecule has 0 spiro atoms. The lowest BCUT2D eigenvalue weighted by molar-refractivity contribution is -0.122. The minimum Gasteiger partial charge on any atom is -0.481 e. The van der Waals surface area contributed by atoms with E-state index in [-0.39, 0.29) is 11.7 Å². The molecule has 0 saturated carbocycles. The predicted octanol–water partition coefficient (Wildman–Crippen LogP) is 3.65. The van der Waals surface area contributed by atoms with Crippen molar-refractivity contribution in [3.8, 4) is 5.75 Å². The molecule has 0 saturated heterocycles. The molecule has 0 aliphatic carbocycles. The molecule has 1 aromatic heterocycles. The summed E-state index contributed by atoms with van der Waals surface area (Å²) in [6.45, 7) is 3.40. The largest absolute Gasteiger partial charge is 0.481 e. The molecule has 128 valence electrons. The fraction of sp³-hybridized carbons (Fsp3) is 0.158. The average Bonchev–Trinajstić information content (AvgIpc) is 2.56. The molecule has 6 heteroatoms. The summed E-state index contributed by atoms with van der Waals surface area (Å²) >= 11 is 0. The highest BCUT2D eigenvalue weighted by molar-refractivity contribution is 5.96. The lowest BCUT2D eigenvalue weighted by Gasteiger charge is -2.15. The maximum Gasteiger partial charge on any atom is 0.336 e. The molecule has 25 heavy (non-hydrogen) atoms. The monoisotopic (exact) mass is 341 g/mol. The van der Waals surface area contributed by atoms with Crippen LogP contribution < -0.4 is 15.7 Å². The van der Waals surface area contributed by atoms with Crippen LogP contribution in [0.3, 0.4) is 0 Å². The molecule has 0 unspecified atom stereocenters. The maximum absolute atomic E-state index is 12.9. The number of benzene rings is 2. The van der Waals surface area contributed by atoms with Gasteiger partial charge in [0.15, 0.2) is 6.10 Å². The second kappa shape index (κ2) is 6.76. The predicted molar refractivity (Wildman–Crippen MR) is 92.3 cm³/mol. The minimum atomic E-state index is -0.786. The first kappa shape index (κ1) is 16.7. The number of nitrogens with one attached hydrogen (secondary N) is 1. The van der Waals surface area contributed by atoms with Gasteiger partial charge >= 0.3 is 5.63 Å². The maximum atomic E-state index is 12.9. The SMILES string of the molecule is Cc1cc(=O)oc2cc(NC(=O)[C@H](C)Oc3ccc(F)cc3)ccc12. The molecule has 0 fully saturated rings. The quantitative estimate of drug-likeness (QED) is 0.736. The molecule has 0 bridgehead atoms. The highest BCUT2D eigenvalue weighted by Gasteiger charge is 2.15. The van der Waals surface area contributed by atoms with Crippen LogP contribution >= 0.6 is 0 Å². The van der Waals surface area contributed by atoms with Crippen molar-refractivity contribution in [3.05, 3.63) is 70.3 Å². The minimum absolute atomic E-state index is 0.376. The van der Waals surface area contributed by atoms with Crippen LogP contribution in [0.25, 0.3) is 11.0 Å². The van der Waals surface area contributed by atoms with Gasteiger partial charge in [0, 0.05) is 23.2 Å². The molecule has 3 aromatic rings. The van der Waals surface area contributed by atoms with Crippen molar-refractivity contribution in [1.82, 2.24) is 0 Å². The zero-order chi connectivity index (χ0) is 18.0. The van der Waals surface area contributed by atoms with Crippen LogP contribution in [0.1, 0.15) is 12.5 Å². The fourth-order valence-electron chi connectivity index (χ4n) is 2.42. The van der Waals surface area contributed by atoms with E-state index in [2.05, 4.69) is 5.32 Å². The number of halogens is 1. The number of carbonyl (C=O) groups is 1. The van der Waals surface area contributed by atoms with E-state index in [4.69, 9.17) is 9.15 Å². The van der Waals surface area contributed by atoms with Crippen LogP contribution in [0.15, 0.2) is 57.7 Å². The van der Waals surface area contributed by atoms with Crippen molar-refractivity contribution in [2.75, 3.05) is 5.32 Å². The molecule has 0 aliphatic heterocycles. The normalized spacial score (nSPS) is 12.0. The Morgan fingerprint density at radius 2 is 1.88 bits per heavy atom. The van der Waals surface area contributed by atoms with Gasteiger partial charge in [-0.1, -0.05) is 0 Å². The molecule has 1 heterocycles. The molecule has 1 amide bonds. The summed E-state index contributed by atoms with van der Waals surface area (Å²) < 4.78 is 23.5. The number of fused-ring (bicyclic) bond motifs is 1. The fourth-order valence-corrected chi connectivity index (χ4v) is 2.42. The number of ether oxygens (including phenoxy) is 1. The van der Waals surface area contributed by atoms with Crippen LogP contribution in [0.4, 0.5) is 10.1 Å². The van der Waals surface area contributed by atoms with Crippen molar-refractivity contribution in [1.29, 1.82) is 0 Å². The Bertz CT molecular complexity index is 979. The third-order valence-corrected chi connectivity index (χ3v) is 3.71. The molecule has 5 nitrogen and oxygen atoms in total. The van der Waals surface area contributed by atoms with Crippen LogP contribution in [-0.4, -0.2) is 12.0 Å². The van der Waals surface area contributed by atoms with Gasteiger partial charge in [-0.15, -0.1) is 0 Å². The smallest absolute Gasteiger partial charge is 0.336 e. The number of aryl methyl sites for hydroxylation is 1. The van der Waals surface area contributed by atoms with E-state index in [0.717, 1.165) is 10.9 Å². The first-order valence-corrected chi connectivity index (χ1v) is 7.70. The molecule has 1 N–H and O–H groups in total. The standard InChI is InChI=1S/C19H16FNO4/c1-11-9-18(22)25-17-10-14(5-8-16(11)17)21-19(23)12(2)24-15-6-3-13(20)4-7-15/h3-10,12H,1-2H3,(H,21,23)/t12-/m0/s1. The zero-order valence-electron chi connectivity index (χ0n) is 13.7. The molecular formula is C19H16FNO4. The molecule has 0 radical (unpaired) electrons. The van der Waals surface area contributed by atoms with Gasteiger partial charge in [0.1, 0.15) is 17.1 Å². The van der Waals surface area contributed by atoms with E-state index >= 15 is 0 Å². The van der Waals surface area contributed by atoms with Crippen molar-refractivity contribution in [2.24, 2.45) is 0 Å². The van der Waals surface area contributed by atoms with E-state index < -0.39 is 11.7 Å². The summed E-state index contributed by atoms with van der Waals surface area (Å²) in [4.78, 5) is 23.7. The Hall–Kier alpha value is -3.15. The summed E-state index contributed by atoms with van der Waals surface area (Å²) in [6, 6.07) is 11.9. The number of carbonyl (C=O) groups excluding carboxylic acids is 1. The first-order valence-electron chi connectivity index (χ1n) is 7.70. The second-order valence-corrected chi connectivity index (χ2v) is 5.66. The van der Waals surface area contributed by atoms with E-state index in [0.29, 0.717) is 17.0 Å². The number of hydrogen-bond donors (Lipinski definition) is 1. The van der Waals surface area contributed by atoms with Gasteiger partial charge in [-0.05, 0) is 55.8 Å². The van der Waals surface area contributed by atoms with Gasteiger partial charge in [-0.25, -0.2) is 9.18 Å². The van der Waals surface area contributed by atoms with Crippen LogP contribution in [-0.2, 0) is 4.79 Å². The van der Waals surface area contributed by atoms with E-state index in [1.165, 1.54) is 30.3 Å². The van der Waals surface area contributed by atoms with Gasteiger partial charge in [0.05, 0.1) is 0 Å². The number of amides is 1. The number of anilines is 1. The van der Waals surface area contributed by atoms with Crippen molar-refractivity contribution in [2.45, 2.75) is 20.0 Å². The van der Waals surface area contributed by atoms with Gasteiger partial charge in [0.2, 0.25) is 0 Å². The van der Waals surface area contributed by atoms with E-state index in [1.54, 1.807) is 25.1 Å². The summed E-state index contributed by atoms with van der Waals surface area (Å²) in [5.74, 6) is -0.361. The van der Waals surface area contributed by atoms with Crippen LogP contribution in [0.5, 0.6) is 5.75 Å². The average molecular weight is 341 g/mol. The highest BCUT2D eigenvalue weighted by Crippen LogP contribution is 2.21.